The van der Waals surface area contributed by atoms with Crippen LogP contribution in [0.15, 0.2) is 24.3 Å². The number of anilines is 1. The smallest absolute Gasteiger partial charge is 0.225 e. The van der Waals surface area contributed by atoms with Gasteiger partial charge >= 0.3 is 0 Å². The summed E-state index contributed by atoms with van der Waals surface area (Å²) < 4.78 is 24.9. The fourth-order valence-corrected chi connectivity index (χ4v) is 2.98. The van der Waals surface area contributed by atoms with Crippen molar-refractivity contribution in [1.29, 1.82) is 0 Å². The zero-order valence-corrected chi connectivity index (χ0v) is 15.2. The molecular weight excluding hydrogens is 314 g/mol. The van der Waals surface area contributed by atoms with Crippen LogP contribution in [-0.2, 0) is 21.2 Å². The number of sulfonamides is 1. The number of nitrogens with one attached hydrogen (secondary N) is 1. The van der Waals surface area contributed by atoms with Crippen molar-refractivity contribution >= 4 is 21.6 Å². The van der Waals surface area contributed by atoms with Gasteiger partial charge in [-0.25, -0.2) is 12.7 Å². The second-order valence-corrected chi connectivity index (χ2v) is 7.76. The molecule has 7 heteroatoms. The molecule has 0 fully saturated rings. The van der Waals surface area contributed by atoms with Crippen molar-refractivity contribution in [2.45, 2.75) is 19.8 Å². The van der Waals surface area contributed by atoms with E-state index in [2.05, 4.69) is 5.32 Å². The quantitative estimate of drug-likeness (QED) is 0.737. The standard InChI is InChI=1S/C16H27N3O3S/c1-5-14-8-6-7-9-15(14)17-16(20)10-11-19(23(4,21)22)13-12-18(2)3/h6-9H,5,10-13H2,1-4H3,(H,17,20). The number of hydrogen-bond acceptors (Lipinski definition) is 4. The second kappa shape index (κ2) is 9.00. The van der Waals surface area contributed by atoms with Crippen LogP contribution in [0, 0.1) is 0 Å². The number of likely N-dealkylation sites (N-methyl/N-ethyl adjacent to an activating group) is 1. The fourth-order valence-electron chi connectivity index (χ4n) is 2.14. The third-order valence-corrected chi connectivity index (χ3v) is 4.83. The highest BCUT2D eigenvalue weighted by Gasteiger charge is 2.18. The zero-order valence-electron chi connectivity index (χ0n) is 14.4. The van der Waals surface area contributed by atoms with Crippen LogP contribution in [0.1, 0.15) is 18.9 Å². The molecule has 0 heterocycles. The van der Waals surface area contributed by atoms with Crippen LogP contribution in [0.3, 0.4) is 0 Å². The molecule has 0 aromatic heterocycles. The molecule has 0 bridgehead atoms. The van der Waals surface area contributed by atoms with E-state index in [1.165, 1.54) is 10.6 Å². The topological polar surface area (TPSA) is 69.7 Å². The maximum atomic E-state index is 12.1. The van der Waals surface area contributed by atoms with Gasteiger partial charge < -0.3 is 10.2 Å². The molecule has 0 saturated heterocycles. The number of benzene rings is 1. The van der Waals surface area contributed by atoms with Crippen LogP contribution < -0.4 is 5.32 Å². The Morgan fingerprint density at radius 3 is 2.35 bits per heavy atom. The first-order valence-electron chi connectivity index (χ1n) is 7.71. The third-order valence-electron chi connectivity index (χ3n) is 3.53. The van der Waals surface area contributed by atoms with Crippen molar-refractivity contribution in [2.75, 3.05) is 45.3 Å². The molecule has 0 saturated carbocycles. The van der Waals surface area contributed by atoms with E-state index >= 15 is 0 Å². The van der Waals surface area contributed by atoms with Crippen molar-refractivity contribution in [1.82, 2.24) is 9.21 Å². The SMILES string of the molecule is CCc1ccccc1NC(=O)CCN(CCN(C)C)S(C)(=O)=O. The predicted molar refractivity (Wildman–Crippen MR) is 94.0 cm³/mol. The van der Waals surface area contributed by atoms with Crippen molar-refractivity contribution in [2.24, 2.45) is 0 Å². The van der Waals surface area contributed by atoms with E-state index in [1.807, 2.05) is 50.2 Å². The monoisotopic (exact) mass is 341 g/mol. The summed E-state index contributed by atoms with van der Waals surface area (Å²) >= 11 is 0. The first-order chi connectivity index (χ1) is 10.7. The summed E-state index contributed by atoms with van der Waals surface area (Å²) in [4.78, 5) is 14.0. The van der Waals surface area contributed by atoms with E-state index < -0.39 is 10.0 Å². The first kappa shape index (κ1) is 19.6. The number of hydrogen-bond donors (Lipinski definition) is 1. The number of para-hydroxylation sites is 1. The van der Waals surface area contributed by atoms with E-state index in [9.17, 15) is 13.2 Å². The third kappa shape index (κ3) is 7.11. The van der Waals surface area contributed by atoms with Gasteiger partial charge in [-0.3, -0.25) is 4.79 Å². The summed E-state index contributed by atoms with van der Waals surface area (Å²) in [6.45, 7) is 3.21. The van der Waals surface area contributed by atoms with Gasteiger partial charge in [0, 0.05) is 31.7 Å². The normalized spacial score (nSPS) is 11.9. The van der Waals surface area contributed by atoms with Crippen LogP contribution >= 0.6 is 0 Å². The molecule has 0 unspecified atom stereocenters. The summed E-state index contributed by atoms with van der Waals surface area (Å²) in [5, 5.41) is 2.86. The van der Waals surface area contributed by atoms with Crippen LogP contribution in [0.5, 0.6) is 0 Å². The Morgan fingerprint density at radius 2 is 1.78 bits per heavy atom. The van der Waals surface area contributed by atoms with Crippen LogP contribution in [0.2, 0.25) is 0 Å². The molecule has 0 spiro atoms. The summed E-state index contributed by atoms with van der Waals surface area (Å²) in [6.07, 6.45) is 2.14. The van der Waals surface area contributed by atoms with Crippen molar-refractivity contribution in [3.05, 3.63) is 29.8 Å². The van der Waals surface area contributed by atoms with Crippen LogP contribution in [0.4, 0.5) is 5.69 Å². The lowest BCUT2D eigenvalue weighted by Gasteiger charge is -2.21. The van der Waals surface area contributed by atoms with Gasteiger partial charge in [0.25, 0.3) is 0 Å². The van der Waals surface area contributed by atoms with Gasteiger partial charge in [0.05, 0.1) is 6.26 Å². The molecule has 1 aromatic carbocycles. The molecule has 0 aliphatic carbocycles. The largest absolute Gasteiger partial charge is 0.326 e. The molecule has 0 atom stereocenters. The lowest BCUT2D eigenvalue weighted by molar-refractivity contribution is -0.116. The average Bonchev–Trinajstić information content (AvgIpc) is 2.46. The molecule has 130 valence electrons. The van der Waals surface area contributed by atoms with E-state index in [0.29, 0.717) is 13.1 Å². The minimum Gasteiger partial charge on any atom is -0.326 e. The van der Waals surface area contributed by atoms with E-state index in [4.69, 9.17) is 0 Å². The first-order valence-corrected chi connectivity index (χ1v) is 9.56. The molecule has 0 aliphatic heterocycles. The number of carbonyl (C=O) groups is 1. The lowest BCUT2D eigenvalue weighted by atomic mass is 10.1. The highest BCUT2D eigenvalue weighted by atomic mass is 32.2. The summed E-state index contributed by atoms with van der Waals surface area (Å²) in [6, 6.07) is 7.63. The predicted octanol–water partition coefficient (Wildman–Crippen LogP) is 1.40. The molecule has 1 aromatic rings. The van der Waals surface area contributed by atoms with E-state index in [-0.39, 0.29) is 18.9 Å². The maximum absolute atomic E-state index is 12.1. The maximum Gasteiger partial charge on any atom is 0.225 e. The van der Waals surface area contributed by atoms with Crippen LogP contribution in [-0.4, -0.2) is 63.5 Å². The molecule has 0 aliphatic rings. The number of nitrogens with zero attached hydrogens (tertiary/aromatic N) is 2. The number of amides is 1. The molecule has 1 rings (SSSR count). The molecule has 0 radical (unpaired) electrons. The lowest BCUT2D eigenvalue weighted by Crippen LogP contribution is -2.37. The molecule has 1 amide bonds. The minimum atomic E-state index is -3.32. The van der Waals surface area contributed by atoms with Gasteiger partial charge in [0.15, 0.2) is 0 Å². The van der Waals surface area contributed by atoms with Gasteiger partial charge in [-0.15, -0.1) is 0 Å². The number of aryl methyl sites for hydroxylation is 1. The minimum absolute atomic E-state index is 0.137. The van der Waals surface area contributed by atoms with Crippen molar-refractivity contribution in [3.63, 3.8) is 0 Å². The van der Waals surface area contributed by atoms with Crippen molar-refractivity contribution in [3.8, 4) is 0 Å². The molecule has 6 nitrogen and oxygen atoms in total. The Morgan fingerprint density at radius 1 is 1.13 bits per heavy atom. The Labute approximate surface area is 139 Å². The van der Waals surface area contributed by atoms with Gasteiger partial charge in [0.2, 0.25) is 15.9 Å². The van der Waals surface area contributed by atoms with E-state index in [0.717, 1.165) is 17.7 Å². The highest BCUT2D eigenvalue weighted by molar-refractivity contribution is 7.88. The van der Waals surface area contributed by atoms with Gasteiger partial charge in [-0.05, 0) is 32.1 Å². The molecule has 1 N–H and O–H groups in total. The van der Waals surface area contributed by atoms with Gasteiger partial charge in [-0.2, -0.15) is 0 Å². The Kier molecular flexibility index (Phi) is 7.67. The van der Waals surface area contributed by atoms with Gasteiger partial charge in [-0.1, -0.05) is 25.1 Å². The summed E-state index contributed by atoms with van der Waals surface area (Å²) in [7, 11) is 0.452. The number of rotatable bonds is 9. The Balaban J connectivity index is 2.61. The summed E-state index contributed by atoms with van der Waals surface area (Å²) in [5.41, 5.74) is 1.85. The number of carbonyl (C=O) groups excluding carboxylic acids is 1. The Hall–Kier alpha value is -1.44. The molecule has 23 heavy (non-hydrogen) atoms. The Bertz CT molecular complexity index is 615. The highest BCUT2D eigenvalue weighted by Crippen LogP contribution is 2.15. The van der Waals surface area contributed by atoms with Crippen LogP contribution in [0.25, 0.3) is 0 Å². The van der Waals surface area contributed by atoms with Gasteiger partial charge in [0.1, 0.15) is 0 Å². The summed E-state index contributed by atoms with van der Waals surface area (Å²) in [5.74, 6) is -0.176. The molecular formula is C16H27N3O3S. The second-order valence-electron chi connectivity index (χ2n) is 5.77. The zero-order chi connectivity index (χ0) is 17.5. The van der Waals surface area contributed by atoms with Crippen molar-refractivity contribution < 1.29 is 13.2 Å². The van der Waals surface area contributed by atoms with E-state index in [1.54, 1.807) is 0 Å². The fraction of sp³-hybridized carbons (Fsp3) is 0.562. The average molecular weight is 341 g/mol.